The van der Waals surface area contributed by atoms with Crippen molar-refractivity contribution in [2.75, 3.05) is 24.2 Å². The van der Waals surface area contributed by atoms with Crippen LogP contribution in [0.4, 0.5) is 11.4 Å². The molecule has 2 aromatic carbocycles. The van der Waals surface area contributed by atoms with Crippen molar-refractivity contribution in [1.29, 1.82) is 5.26 Å². The molecule has 0 aliphatic rings. The number of hydrogen-bond donors (Lipinski definition) is 2. The van der Waals surface area contributed by atoms with E-state index in [1.54, 1.807) is 43.1 Å². The van der Waals surface area contributed by atoms with Crippen molar-refractivity contribution in [3.8, 4) is 6.07 Å². The molecule has 0 spiro atoms. The van der Waals surface area contributed by atoms with E-state index in [2.05, 4.69) is 10.6 Å². The van der Waals surface area contributed by atoms with Gasteiger partial charge in [0.15, 0.2) is 0 Å². The fourth-order valence-electron chi connectivity index (χ4n) is 2.67. The minimum absolute atomic E-state index is 0.0839. The Labute approximate surface area is 159 Å². The van der Waals surface area contributed by atoms with Crippen molar-refractivity contribution in [2.24, 2.45) is 0 Å². The number of benzene rings is 2. The average Bonchev–Trinajstić information content (AvgIpc) is 2.64. The topological polar surface area (TPSA) is 85.2 Å². The molecule has 1 atom stereocenters. The molecule has 2 aromatic rings. The molecular weight excluding hydrogens is 340 g/mol. The van der Waals surface area contributed by atoms with Crippen LogP contribution in [0, 0.1) is 25.2 Å². The predicted molar refractivity (Wildman–Crippen MR) is 106 cm³/mol. The molecule has 1 unspecified atom stereocenters. The minimum atomic E-state index is -0.514. The summed E-state index contributed by atoms with van der Waals surface area (Å²) >= 11 is 0. The smallest absolute Gasteiger partial charge is 0.241 e. The second-order valence-corrected chi connectivity index (χ2v) is 6.59. The third-order valence-electron chi connectivity index (χ3n) is 4.44. The highest BCUT2D eigenvalue weighted by atomic mass is 16.2. The zero-order chi connectivity index (χ0) is 20.0. The molecule has 0 heterocycles. The van der Waals surface area contributed by atoms with Crippen LogP contribution in [-0.4, -0.2) is 36.3 Å². The number of carbonyl (C=O) groups excluding carboxylic acids is 2. The molecule has 0 radical (unpaired) electrons. The summed E-state index contributed by atoms with van der Waals surface area (Å²) in [4.78, 5) is 26.5. The maximum atomic E-state index is 12.4. The van der Waals surface area contributed by atoms with Crippen LogP contribution in [0.15, 0.2) is 42.5 Å². The van der Waals surface area contributed by atoms with Crippen molar-refractivity contribution in [1.82, 2.24) is 4.90 Å². The van der Waals surface area contributed by atoms with Gasteiger partial charge in [-0.25, -0.2) is 0 Å². The number of rotatable bonds is 6. The Bertz CT molecular complexity index is 866. The van der Waals surface area contributed by atoms with Gasteiger partial charge >= 0.3 is 0 Å². The fraction of sp³-hybridized carbons (Fsp3) is 0.286. The van der Waals surface area contributed by atoms with Crippen LogP contribution >= 0.6 is 0 Å². The maximum absolute atomic E-state index is 12.4. The van der Waals surface area contributed by atoms with Gasteiger partial charge in [-0.1, -0.05) is 24.3 Å². The number of anilines is 2. The molecule has 6 heteroatoms. The molecule has 27 heavy (non-hydrogen) atoms. The molecule has 0 aromatic heterocycles. The lowest BCUT2D eigenvalue weighted by molar-refractivity contribution is -0.122. The molecule has 140 valence electrons. The van der Waals surface area contributed by atoms with Crippen LogP contribution in [0.3, 0.4) is 0 Å². The number of amides is 2. The molecule has 0 saturated heterocycles. The van der Waals surface area contributed by atoms with Crippen LogP contribution < -0.4 is 10.6 Å². The fourth-order valence-corrected chi connectivity index (χ4v) is 2.67. The van der Waals surface area contributed by atoms with Gasteiger partial charge in [0.25, 0.3) is 0 Å². The number of nitrogens with zero attached hydrogens (tertiary/aromatic N) is 2. The first-order valence-corrected chi connectivity index (χ1v) is 8.69. The second kappa shape index (κ2) is 8.97. The number of likely N-dealkylation sites (N-methyl/N-ethyl adjacent to an activating group) is 1. The number of nitriles is 1. The van der Waals surface area contributed by atoms with Gasteiger partial charge in [0, 0.05) is 11.4 Å². The number of hydrogen-bond acceptors (Lipinski definition) is 4. The quantitative estimate of drug-likeness (QED) is 0.825. The van der Waals surface area contributed by atoms with Crippen LogP contribution in [0.2, 0.25) is 0 Å². The standard InChI is InChI=1S/C21H24N4O2/c1-14-7-5-8-15(2)20(14)24-19(26)13-25(4)16(3)21(27)23-18-10-6-9-17(11-18)12-22/h5-11,16H,13H2,1-4H3,(H,23,27)(H,24,26). The highest BCUT2D eigenvalue weighted by Gasteiger charge is 2.21. The van der Waals surface area contributed by atoms with Gasteiger partial charge in [-0.05, 0) is 57.1 Å². The number of carbonyl (C=O) groups is 2. The van der Waals surface area contributed by atoms with E-state index in [4.69, 9.17) is 5.26 Å². The first-order chi connectivity index (χ1) is 12.8. The lowest BCUT2D eigenvalue weighted by Crippen LogP contribution is -2.43. The molecule has 0 aliphatic heterocycles. The molecule has 6 nitrogen and oxygen atoms in total. The first-order valence-electron chi connectivity index (χ1n) is 8.69. The normalized spacial score (nSPS) is 11.6. The summed E-state index contributed by atoms with van der Waals surface area (Å²) in [5, 5.41) is 14.6. The Kier molecular flexibility index (Phi) is 6.69. The molecule has 0 bridgehead atoms. The molecule has 2 rings (SSSR count). The summed E-state index contributed by atoms with van der Waals surface area (Å²) in [5.41, 5.74) is 3.82. The molecule has 2 N–H and O–H groups in total. The van der Waals surface area contributed by atoms with Gasteiger partial charge in [-0.2, -0.15) is 5.26 Å². The molecule has 2 amide bonds. The van der Waals surface area contributed by atoms with Gasteiger partial charge in [0.05, 0.1) is 24.2 Å². The van der Waals surface area contributed by atoms with Crippen molar-refractivity contribution in [3.05, 3.63) is 59.2 Å². The Morgan fingerprint density at radius 2 is 1.74 bits per heavy atom. The summed E-state index contributed by atoms with van der Waals surface area (Å²) in [6.45, 7) is 5.70. The van der Waals surface area contributed by atoms with E-state index >= 15 is 0 Å². The molecule has 0 aliphatic carbocycles. The predicted octanol–water partition coefficient (Wildman–Crippen LogP) is 3.07. The number of para-hydroxylation sites is 1. The molecular formula is C21H24N4O2. The first kappa shape index (κ1) is 20.1. The number of nitrogens with one attached hydrogen (secondary N) is 2. The lowest BCUT2D eigenvalue weighted by Gasteiger charge is -2.23. The third-order valence-corrected chi connectivity index (χ3v) is 4.44. The van der Waals surface area contributed by atoms with Crippen LogP contribution in [-0.2, 0) is 9.59 Å². The van der Waals surface area contributed by atoms with E-state index in [1.165, 1.54) is 0 Å². The van der Waals surface area contributed by atoms with Gasteiger partial charge in [-0.3, -0.25) is 14.5 Å². The van der Waals surface area contributed by atoms with E-state index in [0.717, 1.165) is 16.8 Å². The van der Waals surface area contributed by atoms with Crippen molar-refractivity contribution >= 4 is 23.2 Å². The third kappa shape index (κ3) is 5.40. The van der Waals surface area contributed by atoms with Crippen molar-refractivity contribution in [2.45, 2.75) is 26.8 Å². The molecule has 0 fully saturated rings. The zero-order valence-electron chi connectivity index (χ0n) is 16.0. The van der Waals surface area contributed by atoms with Gasteiger partial charge in [0.2, 0.25) is 11.8 Å². The monoisotopic (exact) mass is 364 g/mol. The van der Waals surface area contributed by atoms with Gasteiger partial charge in [0.1, 0.15) is 0 Å². The Hall–Kier alpha value is -3.17. The number of aryl methyl sites for hydroxylation is 2. The summed E-state index contributed by atoms with van der Waals surface area (Å²) < 4.78 is 0. The van der Waals surface area contributed by atoms with E-state index in [9.17, 15) is 9.59 Å². The summed E-state index contributed by atoms with van der Waals surface area (Å²) in [7, 11) is 1.72. The van der Waals surface area contributed by atoms with Crippen LogP contribution in [0.25, 0.3) is 0 Å². The van der Waals surface area contributed by atoms with E-state index < -0.39 is 6.04 Å². The van der Waals surface area contributed by atoms with E-state index in [-0.39, 0.29) is 18.4 Å². The molecule has 0 saturated carbocycles. The summed E-state index contributed by atoms with van der Waals surface area (Å²) in [5.74, 6) is -0.423. The van der Waals surface area contributed by atoms with Gasteiger partial charge < -0.3 is 10.6 Å². The SMILES string of the molecule is Cc1cccc(C)c1NC(=O)CN(C)C(C)C(=O)Nc1cccc(C#N)c1. The Balaban J connectivity index is 1.95. The van der Waals surface area contributed by atoms with Crippen molar-refractivity contribution < 1.29 is 9.59 Å². The maximum Gasteiger partial charge on any atom is 0.241 e. The zero-order valence-corrected chi connectivity index (χ0v) is 16.0. The Morgan fingerprint density at radius 3 is 2.37 bits per heavy atom. The Morgan fingerprint density at radius 1 is 1.11 bits per heavy atom. The minimum Gasteiger partial charge on any atom is -0.325 e. The lowest BCUT2D eigenvalue weighted by atomic mass is 10.1. The highest BCUT2D eigenvalue weighted by molar-refractivity contribution is 5.96. The highest BCUT2D eigenvalue weighted by Crippen LogP contribution is 2.19. The van der Waals surface area contributed by atoms with Crippen LogP contribution in [0.5, 0.6) is 0 Å². The average molecular weight is 364 g/mol. The van der Waals surface area contributed by atoms with Gasteiger partial charge in [-0.15, -0.1) is 0 Å². The second-order valence-electron chi connectivity index (χ2n) is 6.59. The van der Waals surface area contributed by atoms with Crippen molar-refractivity contribution in [3.63, 3.8) is 0 Å². The van der Waals surface area contributed by atoms with E-state index in [1.807, 2.05) is 38.1 Å². The van der Waals surface area contributed by atoms with Crippen LogP contribution in [0.1, 0.15) is 23.6 Å². The largest absolute Gasteiger partial charge is 0.325 e. The van der Waals surface area contributed by atoms with E-state index in [0.29, 0.717) is 11.3 Å². The summed E-state index contributed by atoms with van der Waals surface area (Å²) in [6.07, 6.45) is 0. The summed E-state index contributed by atoms with van der Waals surface area (Å²) in [6, 6.07) is 14.1.